The molecule has 2 N–H and O–H groups in total. The normalized spacial score (nSPS) is 18.8. The van der Waals surface area contributed by atoms with Crippen molar-refractivity contribution in [2.45, 2.75) is 11.4 Å². The summed E-state index contributed by atoms with van der Waals surface area (Å²) in [6, 6.07) is 0. The van der Waals surface area contributed by atoms with Crippen LogP contribution in [0.2, 0.25) is 0 Å². The van der Waals surface area contributed by atoms with Crippen molar-refractivity contribution in [1.29, 1.82) is 0 Å². The van der Waals surface area contributed by atoms with E-state index in [1.54, 1.807) is 0 Å². The molecule has 0 amide bonds. The third kappa shape index (κ3) is 1.67. The Bertz CT molecular complexity index is 259. The van der Waals surface area contributed by atoms with Gasteiger partial charge in [-0.1, -0.05) is 0 Å². The van der Waals surface area contributed by atoms with Crippen molar-refractivity contribution >= 4 is 10.0 Å². The fourth-order valence-corrected chi connectivity index (χ4v) is 0.948. The maximum atomic E-state index is 12.5. The molecular formula is C3H5F4NO3S. The number of methoxy groups -OCH3 is 1. The summed E-state index contributed by atoms with van der Waals surface area (Å²) >= 11 is 0. The second-order valence-corrected chi connectivity index (χ2v) is 3.40. The molecule has 0 saturated heterocycles. The lowest BCUT2D eigenvalue weighted by Gasteiger charge is -2.22. The van der Waals surface area contributed by atoms with Crippen LogP contribution in [0.4, 0.5) is 17.6 Å². The molecule has 0 aliphatic carbocycles. The highest BCUT2D eigenvalue weighted by molar-refractivity contribution is 7.90. The lowest BCUT2D eigenvalue weighted by Crippen LogP contribution is -2.52. The van der Waals surface area contributed by atoms with E-state index in [1.807, 2.05) is 0 Å². The molecule has 0 spiro atoms. The number of ether oxygens (including phenoxy) is 1. The minimum absolute atomic E-state index is 0.248. The van der Waals surface area contributed by atoms with Gasteiger partial charge in [0.2, 0.25) is 0 Å². The van der Waals surface area contributed by atoms with Crippen LogP contribution < -0.4 is 5.14 Å². The molecule has 0 radical (unpaired) electrons. The van der Waals surface area contributed by atoms with Gasteiger partial charge in [-0.2, -0.15) is 17.6 Å². The minimum atomic E-state index is -5.71. The highest BCUT2D eigenvalue weighted by Crippen LogP contribution is 2.37. The SMILES string of the molecule is COC(F)(C(F)(F)F)S(N)(=O)=O. The van der Waals surface area contributed by atoms with Crippen LogP contribution >= 0.6 is 0 Å². The third-order valence-corrected chi connectivity index (χ3v) is 2.10. The quantitative estimate of drug-likeness (QED) is 0.659. The van der Waals surface area contributed by atoms with Gasteiger partial charge in [-0.25, -0.2) is 13.6 Å². The highest BCUT2D eigenvalue weighted by atomic mass is 32.2. The Morgan fingerprint density at radius 1 is 1.25 bits per heavy atom. The van der Waals surface area contributed by atoms with Crippen LogP contribution in [0.5, 0.6) is 0 Å². The number of hydrogen-bond donors (Lipinski definition) is 1. The van der Waals surface area contributed by atoms with E-state index in [-0.39, 0.29) is 7.11 Å². The Labute approximate surface area is 65.3 Å². The molecule has 1 atom stereocenters. The lowest BCUT2D eigenvalue weighted by atomic mass is 10.6. The van der Waals surface area contributed by atoms with E-state index in [1.165, 1.54) is 0 Å². The number of primary sulfonamides is 1. The topological polar surface area (TPSA) is 69.4 Å². The number of alkyl halides is 4. The maximum Gasteiger partial charge on any atom is 0.466 e. The zero-order valence-corrected chi connectivity index (χ0v) is 6.54. The van der Waals surface area contributed by atoms with E-state index in [4.69, 9.17) is 0 Å². The number of rotatable bonds is 2. The summed E-state index contributed by atoms with van der Waals surface area (Å²) < 4.78 is 70.7. The zero-order chi connectivity index (χ0) is 10.2. The summed E-state index contributed by atoms with van der Waals surface area (Å²) in [6.45, 7) is 0. The van der Waals surface area contributed by atoms with Gasteiger partial charge in [0.1, 0.15) is 0 Å². The number of sulfonamides is 1. The Hall–Kier alpha value is -0.410. The molecule has 0 aromatic carbocycles. The summed E-state index contributed by atoms with van der Waals surface area (Å²) in [5, 5.41) is -0.870. The molecule has 0 saturated carbocycles. The standard InChI is InChI=1S/C3H5F4NO3S/c1-11-3(7,2(4,5)6)12(8,9)10/h1H3,(H2,8,9,10). The van der Waals surface area contributed by atoms with Gasteiger partial charge in [0.05, 0.1) is 0 Å². The summed E-state index contributed by atoms with van der Waals surface area (Å²) in [5.41, 5.74) is 0. The Kier molecular flexibility index (Phi) is 2.72. The number of halogens is 4. The second-order valence-electron chi connectivity index (χ2n) is 1.78. The highest BCUT2D eigenvalue weighted by Gasteiger charge is 2.65. The van der Waals surface area contributed by atoms with Crippen molar-refractivity contribution in [1.82, 2.24) is 0 Å². The van der Waals surface area contributed by atoms with E-state index in [2.05, 4.69) is 9.88 Å². The van der Waals surface area contributed by atoms with Gasteiger partial charge in [-0.15, -0.1) is 0 Å². The first-order valence-corrected chi connectivity index (χ1v) is 3.94. The molecule has 0 aromatic heterocycles. The fourth-order valence-electron chi connectivity index (χ4n) is 0.393. The number of hydrogen-bond acceptors (Lipinski definition) is 3. The second kappa shape index (κ2) is 2.82. The first-order valence-electron chi connectivity index (χ1n) is 2.39. The van der Waals surface area contributed by atoms with E-state index in [9.17, 15) is 26.0 Å². The van der Waals surface area contributed by atoms with Crippen LogP contribution in [-0.2, 0) is 14.8 Å². The van der Waals surface area contributed by atoms with E-state index in [0.29, 0.717) is 0 Å². The van der Waals surface area contributed by atoms with E-state index >= 15 is 0 Å². The smallest absolute Gasteiger partial charge is 0.329 e. The van der Waals surface area contributed by atoms with Gasteiger partial charge in [0.15, 0.2) is 0 Å². The Morgan fingerprint density at radius 3 is 1.58 bits per heavy atom. The van der Waals surface area contributed by atoms with Gasteiger partial charge in [-0.3, -0.25) is 0 Å². The molecular weight excluding hydrogens is 206 g/mol. The molecule has 4 nitrogen and oxygen atoms in total. The van der Waals surface area contributed by atoms with Gasteiger partial charge in [0.25, 0.3) is 10.0 Å². The van der Waals surface area contributed by atoms with Gasteiger partial charge >= 0.3 is 11.4 Å². The van der Waals surface area contributed by atoms with Crippen molar-refractivity contribution in [3.63, 3.8) is 0 Å². The summed E-state index contributed by atoms with van der Waals surface area (Å²) in [5.74, 6) is 0. The molecule has 0 heterocycles. The monoisotopic (exact) mass is 211 g/mol. The van der Waals surface area contributed by atoms with Crippen LogP contribution in [0.15, 0.2) is 0 Å². The average Bonchev–Trinajstić information content (AvgIpc) is 1.81. The van der Waals surface area contributed by atoms with E-state index in [0.717, 1.165) is 0 Å². The predicted octanol–water partition coefficient (Wildman–Crippen LogP) is 0.107. The van der Waals surface area contributed by atoms with Crippen LogP contribution in [0.1, 0.15) is 0 Å². The van der Waals surface area contributed by atoms with Crippen LogP contribution in [0.3, 0.4) is 0 Å². The third-order valence-electron chi connectivity index (χ3n) is 0.967. The fraction of sp³-hybridized carbons (Fsp3) is 1.00. The zero-order valence-electron chi connectivity index (χ0n) is 5.72. The lowest BCUT2D eigenvalue weighted by molar-refractivity contribution is -0.281. The first-order chi connectivity index (χ1) is 5.06. The van der Waals surface area contributed by atoms with Crippen LogP contribution in [0.25, 0.3) is 0 Å². The van der Waals surface area contributed by atoms with E-state index < -0.39 is 21.4 Å². The van der Waals surface area contributed by atoms with Gasteiger partial charge < -0.3 is 4.74 Å². The molecule has 0 aliphatic rings. The molecule has 12 heavy (non-hydrogen) atoms. The summed E-state index contributed by atoms with van der Waals surface area (Å²) in [7, 11) is -5.24. The number of nitrogens with two attached hydrogens (primary N) is 1. The molecule has 0 aliphatic heterocycles. The Morgan fingerprint density at radius 2 is 1.58 bits per heavy atom. The van der Waals surface area contributed by atoms with Crippen molar-refractivity contribution in [3.05, 3.63) is 0 Å². The van der Waals surface area contributed by atoms with Crippen LogP contribution in [0, 0.1) is 0 Å². The molecule has 0 rings (SSSR count). The summed E-state index contributed by atoms with van der Waals surface area (Å²) in [6.07, 6.45) is -5.71. The van der Waals surface area contributed by atoms with Gasteiger partial charge in [0, 0.05) is 7.11 Å². The molecule has 74 valence electrons. The van der Waals surface area contributed by atoms with Crippen molar-refractivity contribution in [2.24, 2.45) is 5.14 Å². The largest absolute Gasteiger partial charge is 0.466 e. The molecule has 1 unspecified atom stereocenters. The summed E-state index contributed by atoms with van der Waals surface area (Å²) in [4.78, 5) is 0. The minimum Gasteiger partial charge on any atom is -0.329 e. The van der Waals surface area contributed by atoms with Crippen molar-refractivity contribution < 1.29 is 30.7 Å². The average molecular weight is 211 g/mol. The maximum absolute atomic E-state index is 12.5. The molecule has 0 aromatic rings. The predicted molar refractivity (Wildman–Crippen MR) is 30.0 cm³/mol. The van der Waals surface area contributed by atoms with Crippen molar-refractivity contribution in [2.75, 3.05) is 7.11 Å². The van der Waals surface area contributed by atoms with Gasteiger partial charge in [-0.05, 0) is 0 Å². The van der Waals surface area contributed by atoms with Crippen molar-refractivity contribution in [3.8, 4) is 0 Å². The Balaban J connectivity index is 5.25. The first kappa shape index (κ1) is 11.6. The van der Waals surface area contributed by atoms with Crippen LogP contribution in [-0.4, -0.2) is 26.9 Å². The molecule has 0 bridgehead atoms. The molecule has 0 fully saturated rings. The molecule has 9 heteroatoms.